The van der Waals surface area contributed by atoms with Gasteiger partial charge in [-0.25, -0.2) is 17.9 Å². The fourth-order valence-electron chi connectivity index (χ4n) is 1.55. The highest BCUT2D eigenvalue weighted by atomic mass is 35.5. The summed E-state index contributed by atoms with van der Waals surface area (Å²) in [4.78, 5) is 10.7. The van der Waals surface area contributed by atoms with Crippen molar-refractivity contribution in [3.05, 3.63) is 34.9 Å². The molecule has 1 rings (SSSR count). The Labute approximate surface area is 116 Å². The highest BCUT2D eigenvalue weighted by molar-refractivity contribution is 7.88. The van der Waals surface area contributed by atoms with E-state index in [-0.39, 0.29) is 6.54 Å². The number of benzene rings is 1. The van der Waals surface area contributed by atoms with Gasteiger partial charge in [0.05, 0.1) is 12.3 Å². The Morgan fingerprint density at radius 2 is 1.95 bits per heavy atom. The highest BCUT2D eigenvalue weighted by Crippen LogP contribution is 2.19. The van der Waals surface area contributed by atoms with Gasteiger partial charge in [0.15, 0.2) is 0 Å². The Hall–Kier alpha value is -1.31. The predicted octanol–water partition coefficient (Wildman–Crippen LogP) is 1.59. The number of carbonyl (C=O) groups is 1. The van der Waals surface area contributed by atoms with Crippen LogP contribution in [0.3, 0.4) is 0 Å². The largest absolute Gasteiger partial charge is 0.465 e. The fourth-order valence-corrected chi connectivity index (χ4v) is 2.17. The standard InChI is InChI=1S/C11H15ClN2O4S/c1-19(17,18)13-7-6-10(14-11(15)16)8-2-4-9(12)5-3-8/h2-5,10,13-14H,6-7H2,1H3,(H,15,16). The summed E-state index contributed by atoms with van der Waals surface area (Å²) in [5.41, 5.74) is 0.724. The Kier molecular flexibility index (Phi) is 5.59. The first-order chi connectivity index (χ1) is 8.78. The van der Waals surface area contributed by atoms with Gasteiger partial charge >= 0.3 is 6.09 Å². The van der Waals surface area contributed by atoms with Crippen LogP contribution in [-0.2, 0) is 10.0 Å². The highest BCUT2D eigenvalue weighted by Gasteiger charge is 2.14. The lowest BCUT2D eigenvalue weighted by molar-refractivity contribution is 0.189. The van der Waals surface area contributed by atoms with Gasteiger partial charge in [-0.3, -0.25) is 0 Å². The van der Waals surface area contributed by atoms with Gasteiger partial charge in [0.2, 0.25) is 10.0 Å². The molecule has 3 N–H and O–H groups in total. The molecule has 0 aliphatic heterocycles. The maximum Gasteiger partial charge on any atom is 0.405 e. The summed E-state index contributed by atoms with van der Waals surface area (Å²) < 4.78 is 24.2. The van der Waals surface area contributed by atoms with Crippen LogP contribution < -0.4 is 10.0 Å². The molecule has 8 heteroatoms. The smallest absolute Gasteiger partial charge is 0.405 e. The molecule has 0 saturated heterocycles. The van der Waals surface area contributed by atoms with Crippen LogP contribution in [0, 0.1) is 0 Å². The third kappa shape index (κ3) is 6.42. The monoisotopic (exact) mass is 306 g/mol. The molecule has 6 nitrogen and oxygen atoms in total. The van der Waals surface area contributed by atoms with Gasteiger partial charge in [0, 0.05) is 11.6 Å². The van der Waals surface area contributed by atoms with Crippen molar-refractivity contribution in [2.75, 3.05) is 12.8 Å². The zero-order valence-electron chi connectivity index (χ0n) is 10.3. The lowest BCUT2D eigenvalue weighted by atomic mass is 10.0. The van der Waals surface area contributed by atoms with Crippen molar-refractivity contribution in [2.24, 2.45) is 0 Å². The van der Waals surface area contributed by atoms with E-state index < -0.39 is 22.2 Å². The van der Waals surface area contributed by atoms with Gasteiger partial charge in [-0.1, -0.05) is 23.7 Å². The zero-order chi connectivity index (χ0) is 14.5. The quantitative estimate of drug-likeness (QED) is 0.743. The molecule has 19 heavy (non-hydrogen) atoms. The number of nitrogens with one attached hydrogen (secondary N) is 2. The molecular weight excluding hydrogens is 292 g/mol. The van der Waals surface area contributed by atoms with Crippen molar-refractivity contribution >= 4 is 27.7 Å². The number of sulfonamides is 1. The molecule has 1 amide bonds. The maximum absolute atomic E-state index is 11.0. The van der Waals surface area contributed by atoms with Crippen LogP contribution in [0.4, 0.5) is 4.79 Å². The van der Waals surface area contributed by atoms with Gasteiger partial charge in [0.1, 0.15) is 0 Å². The predicted molar refractivity (Wildman–Crippen MR) is 72.8 cm³/mol. The average molecular weight is 307 g/mol. The van der Waals surface area contributed by atoms with Gasteiger partial charge in [0.25, 0.3) is 0 Å². The van der Waals surface area contributed by atoms with Crippen molar-refractivity contribution in [1.29, 1.82) is 0 Å². The van der Waals surface area contributed by atoms with E-state index in [0.29, 0.717) is 11.4 Å². The normalized spacial score (nSPS) is 12.9. The summed E-state index contributed by atoms with van der Waals surface area (Å²) in [6.07, 6.45) is 0.190. The summed E-state index contributed by atoms with van der Waals surface area (Å²) in [7, 11) is -3.28. The fraction of sp³-hybridized carbons (Fsp3) is 0.364. The summed E-state index contributed by atoms with van der Waals surface area (Å²) in [5, 5.41) is 11.7. The molecule has 0 aromatic heterocycles. The molecule has 0 spiro atoms. The topological polar surface area (TPSA) is 95.5 Å². The van der Waals surface area contributed by atoms with Crippen LogP contribution in [0.5, 0.6) is 0 Å². The van der Waals surface area contributed by atoms with E-state index in [1.165, 1.54) is 0 Å². The number of halogens is 1. The molecule has 0 fully saturated rings. The van der Waals surface area contributed by atoms with E-state index in [0.717, 1.165) is 11.8 Å². The SMILES string of the molecule is CS(=O)(=O)NCCC(NC(=O)O)c1ccc(Cl)cc1. The number of amides is 1. The lowest BCUT2D eigenvalue weighted by Crippen LogP contribution is -2.31. The minimum absolute atomic E-state index is 0.145. The molecule has 1 aromatic carbocycles. The van der Waals surface area contributed by atoms with E-state index in [9.17, 15) is 13.2 Å². The summed E-state index contributed by atoms with van der Waals surface area (Å²) in [5.74, 6) is 0. The number of carboxylic acid groups (broad SMARTS) is 1. The summed E-state index contributed by atoms with van der Waals surface area (Å²) >= 11 is 5.76. The van der Waals surface area contributed by atoms with Crippen LogP contribution in [0.2, 0.25) is 5.02 Å². The van der Waals surface area contributed by atoms with Gasteiger partial charge in [-0.05, 0) is 24.1 Å². The van der Waals surface area contributed by atoms with Gasteiger partial charge < -0.3 is 10.4 Å². The van der Waals surface area contributed by atoms with Crippen molar-refractivity contribution in [2.45, 2.75) is 12.5 Å². The van der Waals surface area contributed by atoms with E-state index in [4.69, 9.17) is 16.7 Å². The second kappa shape index (κ2) is 6.74. The molecule has 0 heterocycles. The van der Waals surface area contributed by atoms with E-state index in [1.54, 1.807) is 24.3 Å². The number of hydrogen-bond donors (Lipinski definition) is 3. The molecule has 0 saturated carbocycles. The lowest BCUT2D eigenvalue weighted by Gasteiger charge is -2.17. The molecule has 0 bridgehead atoms. The minimum atomic E-state index is -3.28. The average Bonchev–Trinajstić information content (AvgIpc) is 2.26. The Bertz CT molecular complexity index is 530. The molecule has 0 radical (unpaired) electrons. The first-order valence-corrected chi connectivity index (χ1v) is 7.74. The minimum Gasteiger partial charge on any atom is -0.465 e. The maximum atomic E-state index is 11.0. The van der Waals surface area contributed by atoms with Crippen molar-refractivity contribution in [3.63, 3.8) is 0 Å². The van der Waals surface area contributed by atoms with Crippen molar-refractivity contribution in [1.82, 2.24) is 10.0 Å². The van der Waals surface area contributed by atoms with Crippen LogP contribution in [0.1, 0.15) is 18.0 Å². The Morgan fingerprint density at radius 3 is 2.42 bits per heavy atom. The van der Waals surface area contributed by atoms with Crippen LogP contribution in [0.15, 0.2) is 24.3 Å². The molecule has 0 aliphatic carbocycles. The van der Waals surface area contributed by atoms with Crippen molar-refractivity contribution in [3.8, 4) is 0 Å². The van der Waals surface area contributed by atoms with E-state index >= 15 is 0 Å². The molecule has 106 valence electrons. The molecule has 1 atom stereocenters. The van der Waals surface area contributed by atoms with Gasteiger partial charge in [-0.15, -0.1) is 0 Å². The zero-order valence-corrected chi connectivity index (χ0v) is 11.8. The third-order valence-electron chi connectivity index (χ3n) is 2.37. The van der Waals surface area contributed by atoms with Crippen LogP contribution in [0.25, 0.3) is 0 Å². The Balaban J connectivity index is 2.72. The van der Waals surface area contributed by atoms with Crippen molar-refractivity contribution < 1.29 is 18.3 Å². The Morgan fingerprint density at radius 1 is 1.37 bits per heavy atom. The number of rotatable bonds is 6. The molecular formula is C11H15ClN2O4S. The third-order valence-corrected chi connectivity index (χ3v) is 3.35. The molecule has 1 aromatic rings. The van der Waals surface area contributed by atoms with Gasteiger partial charge in [-0.2, -0.15) is 0 Å². The molecule has 1 unspecified atom stereocenters. The second-order valence-corrected chi connectivity index (χ2v) is 6.28. The van der Waals surface area contributed by atoms with E-state index in [2.05, 4.69) is 10.0 Å². The first kappa shape index (κ1) is 15.7. The molecule has 0 aliphatic rings. The van der Waals surface area contributed by atoms with E-state index in [1.807, 2.05) is 0 Å². The number of hydrogen-bond acceptors (Lipinski definition) is 3. The second-order valence-electron chi connectivity index (χ2n) is 4.01. The van der Waals surface area contributed by atoms with Crippen LogP contribution in [-0.4, -0.2) is 32.4 Å². The van der Waals surface area contributed by atoms with Crippen LogP contribution >= 0.6 is 11.6 Å². The first-order valence-electron chi connectivity index (χ1n) is 5.47. The summed E-state index contributed by atoms with van der Waals surface area (Å²) in [6, 6.07) is 6.20. The summed E-state index contributed by atoms with van der Waals surface area (Å²) in [6.45, 7) is 0.145.